The molecule has 1 aliphatic carbocycles. The molecule has 1 N–H and O–H groups in total. The molecule has 0 bridgehead atoms. The molecule has 5 nitrogen and oxygen atoms in total. The number of rotatable bonds is 2. The Balaban J connectivity index is 1.76. The maximum atomic E-state index is 12.7. The van der Waals surface area contributed by atoms with Crippen molar-refractivity contribution < 1.29 is 4.79 Å². The highest BCUT2D eigenvalue weighted by molar-refractivity contribution is 7.71. The third-order valence-corrected chi connectivity index (χ3v) is 6.18. The summed E-state index contributed by atoms with van der Waals surface area (Å²) in [5.74, 6) is 1.15. The average molecular weight is 349 g/mol. The minimum absolute atomic E-state index is 0.0500. The number of hydrogen-bond acceptors (Lipinski definition) is 3. The highest BCUT2D eigenvalue weighted by Crippen LogP contribution is 2.64. The molecule has 1 aromatic heterocycles. The van der Waals surface area contributed by atoms with Gasteiger partial charge < -0.3 is 9.47 Å². The van der Waals surface area contributed by atoms with Crippen LogP contribution >= 0.6 is 35.4 Å². The lowest BCUT2D eigenvalue weighted by Crippen LogP contribution is -2.44. The summed E-state index contributed by atoms with van der Waals surface area (Å²) in [6.45, 7) is 3.24. The Bertz CT molecular complexity index is 640. The van der Waals surface area contributed by atoms with Crippen LogP contribution in [0, 0.1) is 10.2 Å². The topological polar surface area (TPSA) is 53.9 Å². The van der Waals surface area contributed by atoms with Gasteiger partial charge in [-0.3, -0.25) is 9.89 Å². The molecule has 2 heterocycles. The number of nitrogens with one attached hydrogen (secondary N) is 1. The summed E-state index contributed by atoms with van der Waals surface area (Å²) in [5, 5.41) is 7.10. The lowest BCUT2D eigenvalue weighted by atomic mass is 9.95. The molecule has 2 atom stereocenters. The second-order valence-electron chi connectivity index (χ2n) is 6.25. The fourth-order valence-electron chi connectivity index (χ4n) is 3.08. The van der Waals surface area contributed by atoms with Crippen molar-refractivity contribution in [3.63, 3.8) is 0 Å². The van der Waals surface area contributed by atoms with Crippen LogP contribution in [-0.2, 0) is 11.8 Å². The second kappa shape index (κ2) is 4.96. The van der Waals surface area contributed by atoms with E-state index in [-0.39, 0.29) is 11.8 Å². The Morgan fingerprint density at radius 2 is 2.19 bits per heavy atom. The number of aromatic nitrogens is 3. The van der Waals surface area contributed by atoms with Crippen LogP contribution in [-0.4, -0.2) is 43.0 Å². The molecular weight excluding hydrogens is 331 g/mol. The highest BCUT2D eigenvalue weighted by atomic mass is 35.5. The summed E-state index contributed by atoms with van der Waals surface area (Å²) in [6.07, 6.45) is 2.47. The lowest BCUT2D eigenvalue weighted by molar-refractivity contribution is -0.137. The minimum Gasteiger partial charge on any atom is -0.341 e. The monoisotopic (exact) mass is 348 g/mol. The first-order chi connectivity index (χ1) is 9.76. The number of carbonyl (C=O) groups excluding carboxylic acids is 1. The van der Waals surface area contributed by atoms with Crippen molar-refractivity contribution in [1.29, 1.82) is 0 Å². The number of hydrogen-bond donors (Lipinski definition) is 1. The normalized spacial score (nSPS) is 31.2. The number of amides is 1. The fourth-order valence-corrected chi connectivity index (χ4v) is 3.91. The molecule has 8 heteroatoms. The third-order valence-electron chi connectivity index (χ3n) is 4.72. The van der Waals surface area contributed by atoms with Crippen molar-refractivity contribution in [3.05, 3.63) is 10.6 Å². The van der Waals surface area contributed by atoms with Gasteiger partial charge in [0, 0.05) is 26.1 Å². The van der Waals surface area contributed by atoms with E-state index in [0.29, 0.717) is 17.7 Å². The van der Waals surface area contributed by atoms with Crippen LogP contribution in [0.3, 0.4) is 0 Å². The number of alkyl halides is 2. The van der Waals surface area contributed by atoms with Crippen LogP contribution in [0.1, 0.15) is 37.9 Å². The zero-order valence-corrected chi connectivity index (χ0v) is 14.4. The summed E-state index contributed by atoms with van der Waals surface area (Å²) >= 11 is 17.4. The van der Waals surface area contributed by atoms with E-state index in [2.05, 4.69) is 10.2 Å². The van der Waals surface area contributed by atoms with E-state index >= 15 is 0 Å². The first-order valence-corrected chi connectivity index (χ1v) is 8.21. The first kappa shape index (κ1) is 15.3. The maximum absolute atomic E-state index is 12.7. The van der Waals surface area contributed by atoms with Gasteiger partial charge >= 0.3 is 0 Å². The molecular formula is C13H18Cl2N4OS. The average Bonchev–Trinajstić information content (AvgIpc) is 2.78. The van der Waals surface area contributed by atoms with Gasteiger partial charge in [0.2, 0.25) is 5.91 Å². The van der Waals surface area contributed by atoms with E-state index in [0.717, 1.165) is 25.2 Å². The largest absolute Gasteiger partial charge is 0.341 e. The summed E-state index contributed by atoms with van der Waals surface area (Å²) in [5.41, 5.74) is -0.644. The van der Waals surface area contributed by atoms with Crippen LogP contribution in [0.2, 0.25) is 0 Å². The number of nitrogens with zero attached hydrogens (tertiary/aromatic N) is 3. The van der Waals surface area contributed by atoms with Crippen molar-refractivity contribution in [2.75, 3.05) is 13.1 Å². The van der Waals surface area contributed by atoms with Crippen molar-refractivity contribution in [2.45, 2.75) is 36.4 Å². The van der Waals surface area contributed by atoms with Crippen LogP contribution in [0.5, 0.6) is 0 Å². The zero-order chi connectivity index (χ0) is 15.4. The van der Waals surface area contributed by atoms with Gasteiger partial charge in [-0.25, -0.2) is 0 Å². The summed E-state index contributed by atoms with van der Waals surface area (Å²) < 4.78 is 1.56. The van der Waals surface area contributed by atoms with Crippen molar-refractivity contribution in [3.8, 4) is 0 Å². The van der Waals surface area contributed by atoms with Crippen LogP contribution in [0.25, 0.3) is 0 Å². The van der Waals surface area contributed by atoms with Crippen LogP contribution in [0.4, 0.5) is 0 Å². The van der Waals surface area contributed by atoms with E-state index in [9.17, 15) is 4.79 Å². The molecule has 116 valence electrons. The molecule has 1 saturated heterocycles. The van der Waals surface area contributed by atoms with Gasteiger partial charge in [0.05, 0.1) is 5.41 Å². The van der Waals surface area contributed by atoms with Gasteiger partial charge in [-0.15, -0.1) is 23.2 Å². The lowest BCUT2D eigenvalue weighted by Gasteiger charge is -2.34. The molecule has 1 aromatic rings. The summed E-state index contributed by atoms with van der Waals surface area (Å²) in [6, 6.07) is 0. The first-order valence-electron chi connectivity index (χ1n) is 7.05. The zero-order valence-electron chi connectivity index (χ0n) is 12.0. The van der Waals surface area contributed by atoms with Gasteiger partial charge in [-0.05, 0) is 38.4 Å². The molecule has 21 heavy (non-hydrogen) atoms. The number of aromatic amines is 1. The maximum Gasteiger partial charge on any atom is 0.231 e. The highest BCUT2D eigenvalue weighted by Gasteiger charge is 2.68. The Labute approximate surface area is 138 Å². The van der Waals surface area contributed by atoms with E-state index in [1.807, 2.05) is 23.4 Å². The molecule has 0 unspecified atom stereocenters. The van der Waals surface area contributed by atoms with E-state index in [1.165, 1.54) is 0 Å². The van der Waals surface area contributed by atoms with E-state index in [1.54, 1.807) is 0 Å². The molecule has 0 aromatic carbocycles. The van der Waals surface area contributed by atoms with Crippen LogP contribution in [0.15, 0.2) is 0 Å². The number of piperidine rings is 1. The fraction of sp³-hybridized carbons (Fsp3) is 0.769. The molecule has 0 spiro atoms. The van der Waals surface area contributed by atoms with E-state index < -0.39 is 9.75 Å². The molecule has 1 saturated carbocycles. The van der Waals surface area contributed by atoms with Crippen molar-refractivity contribution in [2.24, 2.45) is 12.5 Å². The second-order valence-corrected chi connectivity index (χ2v) is 8.12. The predicted molar refractivity (Wildman–Crippen MR) is 84.1 cm³/mol. The Hall–Kier alpha value is -0.590. The van der Waals surface area contributed by atoms with E-state index in [4.69, 9.17) is 35.4 Å². The Kier molecular flexibility index (Phi) is 3.62. The molecule has 0 radical (unpaired) electrons. The van der Waals surface area contributed by atoms with Gasteiger partial charge in [-0.2, -0.15) is 5.10 Å². The smallest absolute Gasteiger partial charge is 0.231 e. The molecule has 1 amide bonds. The van der Waals surface area contributed by atoms with Gasteiger partial charge in [-0.1, -0.05) is 0 Å². The van der Waals surface area contributed by atoms with Crippen molar-refractivity contribution in [1.82, 2.24) is 19.7 Å². The Morgan fingerprint density at radius 3 is 2.71 bits per heavy atom. The van der Waals surface area contributed by atoms with Crippen LogP contribution < -0.4 is 0 Å². The summed E-state index contributed by atoms with van der Waals surface area (Å²) in [7, 11) is 1.90. The molecule has 1 aliphatic heterocycles. The van der Waals surface area contributed by atoms with Gasteiger partial charge in [0.15, 0.2) is 4.77 Å². The number of H-pyrrole nitrogens is 1. The molecule has 2 fully saturated rings. The number of halogens is 2. The SMILES string of the molecule is Cn1c([C@H]2CCCN(C(=O)[C@]3(C)CC3(Cl)Cl)C2)n[nH]c1=S. The molecule has 2 aliphatic rings. The summed E-state index contributed by atoms with van der Waals surface area (Å²) in [4.78, 5) is 14.5. The predicted octanol–water partition coefficient (Wildman–Crippen LogP) is 2.77. The standard InChI is InChI=1S/C13H18Cl2N4OS/c1-12(7-13(12,14)15)10(20)19-5-3-4-8(6-19)9-16-17-11(21)18(9)2/h8H,3-7H2,1-2H3,(H,17,21)/t8-,12-/m0/s1. The number of carbonyl (C=O) groups is 1. The Morgan fingerprint density at radius 1 is 1.52 bits per heavy atom. The minimum atomic E-state index is -0.915. The number of likely N-dealkylation sites (tertiary alicyclic amines) is 1. The van der Waals surface area contributed by atoms with Crippen molar-refractivity contribution >= 4 is 41.3 Å². The third kappa shape index (κ3) is 2.41. The van der Waals surface area contributed by atoms with Gasteiger partial charge in [0.1, 0.15) is 10.2 Å². The quantitative estimate of drug-likeness (QED) is 0.660. The molecule has 3 rings (SSSR count). The van der Waals surface area contributed by atoms with Gasteiger partial charge in [0.25, 0.3) is 0 Å².